The number of rotatable bonds is 6. The Morgan fingerprint density at radius 1 is 1.69 bits per heavy atom. The zero-order valence-corrected chi connectivity index (χ0v) is 8.64. The fourth-order valence-electron chi connectivity index (χ4n) is 1.19. The van der Waals surface area contributed by atoms with Crippen LogP contribution >= 0.6 is 11.6 Å². The van der Waals surface area contributed by atoms with E-state index in [2.05, 4.69) is 5.32 Å². The van der Waals surface area contributed by atoms with Gasteiger partial charge in [-0.1, -0.05) is 0 Å². The lowest BCUT2D eigenvalue weighted by Gasteiger charge is -2.16. The highest BCUT2D eigenvalue weighted by atomic mass is 35.5. The summed E-state index contributed by atoms with van der Waals surface area (Å²) >= 11 is 5.60. The van der Waals surface area contributed by atoms with Gasteiger partial charge in [0.2, 0.25) is 5.91 Å². The van der Waals surface area contributed by atoms with Gasteiger partial charge in [0.15, 0.2) is 0 Å². The molecule has 0 bridgehead atoms. The van der Waals surface area contributed by atoms with Crippen molar-refractivity contribution in [3.63, 3.8) is 0 Å². The standard InChI is InChI=1S/C9H16ClNO2/c1-13-6-8(4-5-10)11-9(12)7-2-3-7/h7-8H,2-6H2,1H3,(H,11,12). The lowest BCUT2D eigenvalue weighted by molar-refractivity contribution is -0.123. The molecule has 1 saturated carbocycles. The molecule has 1 fully saturated rings. The number of alkyl halides is 1. The molecule has 0 aromatic heterocycles. The molecule has 1 N–H and O–H groups in total. The van der Waals surface area contributed by atoms with Crippen molar-refractivity contribution in [3.05, 3.63) is 0 Å². The molecule has 0 radical (unpaired) electrons. The lowest BCUT2D eigenvalue weighted by Crippen LogP contribution is -2.39. The summed E-state index contributed by atoms with van der Waals surface area (Å²) < 4.78 is 4.98. The van der Waals surface area contributed by atoms with Gasteiger partial charge < -0.3 is 10.1 Å². The molecule has 1 rings (SSSR count). The minimum Gasteiger partial charge on any atom is -0.383 e. The van der Waals surface area contributed by atoms with E-state index in [0.29, 0.717) is 12.5 Å². The Balaban J connectivity index is 2.22. The monoisotopic (exact) mass is 205 g/mol. The Labute approximate surface area is 83.8 Å². The van der Waals surface area contributed by atoms with Crippen LogP contribution < -0.4 is 5.32 Å². The quantitative estimate of drug-likeness (QED) is 0.661. The van der Waals surface area contributed by atoms with E-state index in [4.69, 9.17) is 16.3 Å². The fourth-order valence-corrected chi connectivity index (χ4v) is 1.46. The Morgan fingerprint density at radius 3 is 2.85 bits per heavy atom. The summed E-state index contributed by atoms with van der Waals surface area (Å²) in [6, 6.07) is 0.0793. The lowest BCUT2D eigenvalue weighted by atomic mass is 10.2. The third-order valence-electron chi connectivity index (χ3n) is 2.12. The van der Waals surface area contributed by atoms with Gasteiger partial charge in [0.1, 0.15) is 0 Å². The van der Waals surface area contributed by atoms with Crippen molar-refractivity contribution >= 4 is 17.5 Å². The zero-order valence-electron chi connectivity index (χ0n) is 7.88. The molecule has 0 aliphatic heterocycles. The molecule has 1 unspecified atom stereocenters. The van der Waals surface area contributed by atoms with E-state index in [1.807, 2.05) is 0 Å². The highest BCUT2D eigenvalue weighted by molar-refractivity contribution is 6.17. The van der Waals surface area contributed by atoms with Gasteiger partial charge in [0, 0.05) is 18.9 Å². The smallest absolute Gasteiger partial charge is 0.223 e. The number of methoxy groups -OCH3 is 1. The molecule has 0 aromatic rings. The van der Waals surface area contributed by atoms with Crippen molar-refractivity contribution in [2.24, 2.45) is 5.92 Å². The number of hydrogen-bond donors (Lipinski definition) is 1. The van der Waals surface area contributed by atoms with Crippen molar-refractivity contribution in [2.75, 3.05) is 19.6 Å². The second-order valence-electron chi connectivity index (χ2n) is 3.41. The average Bonchev–Trinajstić information content (AvgIpc) is 2.87. The SMILES string of the molecule is COCC(CCCl)NC(=O)C1CC1. The summed E-state index contributed by atoms with van der Waals surface area (Å²) in [5.74, 6) is 0.973. The normalized spacial score (nSPS) is 18.3. The summed E-state index contributed by atoms with van der Waals surface area (Å²) in [6.07, 6.45) is 2.84. The number of carbonyl (C=O) groups is 1. The maximum Gasteiger partial charge on any atom is 0.223 e. The Hall–Kier alpha value is -0.280. The first kappa shape index (κ1) is 10.8. The van der Waals surface area contributed by atoms with Crippen LogP contribution in [0.3, 0.4) is 0 Å². The van der Waals surface area contributed by atoms with Crippen LogP contribution in [0.15, 0.2) is 0 Å². The van der Waals surface area contributed by atoms with Crippen LogP contribution in [0, 0.1) is 5.92 Å². The van der Waals surface area contributed by atoms with Crippen molar-refractivity contribution in [3.8, 4) is 0 Å². The van der Waals surface area contributed by atoms with Crippen molar-refractivity contribution in [1.29, 1.82) is 0 Å². The van der Waals surface area contributed by atoms with Crippen LogP contribution in [0.1, 0.15) is 19.3 Å². The first-order valence-corrected chi connectivity index (χ1v) is 5.16. The van der Waals surface area contributed by atoms with E-state index in [1.54, 1.807) is 7.11 Å². The molecule has 0 heterocycles. The molecule has 0 spiro atoms. The Bertz CT molecular complexity index is 165. The number of nitrogens with one attached hydrogen (secondary N) is 1. The van der Waals surface area contributed by atoms with Gasteiger partial charge in [-0.25, -0.2) is 0 Å². The molecular formula is C9H16ClNO2. The van der Waals surface area contributed by atoms with Crippen LogP contribution in [0.2, 0.25) is 0 Å². The number of carbonyl (C=O) groups excluding carboxylic acids is 1. The number of halogens is 1. The third-order valence-corrected chi connectivity index (χ3v) is 2.34. The highest BCUT2D eigenvalue weighted by Gasteiger charge is 2.30. The molecule has 1 aliphatic carbocycles. The van der Waals surface area contributed by atoms with E-state index in [-0.39, 0.29) is 17.9 Å². The van der Waals surface area contributed by atoms with Gasteiger partial charge in [-0.2, -0.15) is 0 Å². The molecule has 1 amide bonds. The second kappa shape index (κ2) is 5.45. The van der Waals surface area contributed by atoms with Gasteiger partial charge in [0.05, 0.1) is 12.6 Å². The van der Waals surface area contributed by atoms with E-state index in [0.717, 1.165) is 19.3 Å². The highest BCUT2D eigenvalue weighted by Crippen LogP contribution is 2.28. The maximum absolute atomic E-state index is 11.4. The number of hydrogen-bond acceptors (Lipinski definition) is 2. The van der Waals surface area contributed by atoms with E-state index < -0.39 is 0 Å². The average molecular weight is 206 g/mol. The van der Waals surface area contributed by atoms with Crippen molar-refractivity contribution < 1.29 is 9.53 Å². The molecule has 1 aliphatic rings. The van der Waals surface area contributed by atoms with Crippen LogP contribution in [0.5, 0.6) is 0 Å². The first-order valence-electron chi connectivity index (χ1n) is 4.63. The minimum absolute atomic E-state index is 0.0793. The molecule has 4 heteroatoms. The molecule has 0 saturated heterocycles. The van der Waals surface area contributed by atoms with Crippen LogP contribution in [0.25, 0.3) is 0 Å². The topological polar surface area (TPSA) is 38.3 Å². The van der Waals surface area contributed by atoms with E-state index >= 15 is 0 Å². The number of amides is 1. The predicted octanol–water partition coefficient (Wildman–Crippen LogP) is 1.16. The van der Waals surface area contributed by atoms with E-state index in [9.17, 15) is 4.79 Å². The Morgan fingerprint density at radius 2 is 2.38 bits per heavy atom. The van der Waals surface area contributed by atoms with Gasteiger partial charge in [0.25, 0.3) is 0 Å². The van der Waals surface area contributed by atoms with Gasteiger partial charge in [-0.3, -0.25) is 4.79 Å². The molecule has 13 heavy (non-hydrogen) atoms. The summed E-state index contributed by atoms with van der Waals surface area (Å²) in [5, 5.41) is 2.93. The van der Waals surface area contributed by atoms with Gasteiger partial charge >= 0.3 is 0 Å². The Kier molecular flexibility index (Phi) is 4.53. The molecule has 3 nitrogen and oxygen atoms in total. The van der Waals surface area contributed by atoms with Gasteiger partial charge in [-0.05, 0) is 19.3 Å². The summed E-state index contributed by atoms with van der Waals surface area (Å²) in [5.41, 5.74) is 0. The molecule has 76 valence electrons. The fraction of sp³-hybridized carbons (Fsp3) is 0.889. The molecule has 1 atom stereocenters. The van der Waals surface area contributed by atoms with Gasteiger partial charge in [-0.15, -0.1) is 11.6 Å². The van der Waals surface area contributed by atoms with Crippen molar-refractivity contribution in [1.82, 2.24) is 5.32 Å². The zero-order chi connectivity index (χ0) is 9.68. The van der Waals surface area contributed by atoms with Crippen LogP contribution in [0.4, 0.5) is 0 Å². The number of ether oxygens (including phenoxy) is 1. The predicted molar refractivity (Wildman–Crippen MR) is 51.9 cm³/mol. The van der Waals surface area contributed by atoms with Crippen LogP contribution in [-0.4, -0.2) is 31.5 Å². The van der Waals surface area contributed by atoms with Crippen molar-refractivity contribution in [2.45, 2.75) is 25.3 Å². The summed E-state index contributed by atoms with van der Waals surface area (Å²) in [6.45, 7) is 0.547. The maximum atomic E-state index is 11.4. The minimum atomic E-state index is 0.0793. The first-order chi connectivity index (χ1) is 6.27. The molecule has 0 aromatic carbocycles. The van der Waals surface area contributed by atoms with E-state index in [1.165, 1.54) is 0 Å². The summed E-state index contributed by atoms with van der Waals surface area (Å²) in [7, 11) is 1.63. The third kappa shape index (κ3) is 3.96. The largest absolute Gasteiger partial charge is 0.383 e. The van der Waals surface area contributed by atoms with Crippen LogP contribution in [-0.2, 0) is 9.53 Å². The summed E-state index contributed by atoms with van der Waals surface area (Å²) in [4.78, 5) is 11.4. The second-order valence-corrected chi connectivity index (χ2v) is 3.79. The molecular weight excluding hydrogens is 190 g/mol.